The van der Waals surface area contributed by atoms with Crippen molar-refractivity contribution in [1.29, 1.82) is 0 Å². The first-order valence-corrected chi connectivity index (χ1v) is 5.06. The average molecular weight is 197 g/mol. The molecule has 5 heteroatoms. The minimum absolute atomic E-state index is 0.0537. The summed E-state index contributed by atoms with van der Waals surface area (Å²) in [5.41, 5.74) is 2.09. The van der Waals surface area contributed by atoms with E-state index in [1.165, 1.54) is 6.39 Å². The summed E-state index contributed by atoms with van der Waals surface area (Å²) < 4.78 is 25.9. The lowest BCUT2D eigenvalue weighted by Crippen LogP contribution is -1.85. The van der Waals surface area contributed by atoms with Crippen molar-refractivity contribution in [1.82, 2.24) is 4.98 Å². The standard InChI is InChI=1S/C8H7NO3S/c10-13(11)4-6-1-2-8-7(3-6)9-5-12-8/h1-3,5,13H,4H2. The van der Waals surface area contributed by atoms with Crippen molar-refractivity contribution in [2.75, 3.05) is 0 Å². The number of thiol groups is 1. The molecule has 0 saturated heterocycles. The van der Waals surface area contributed by atoms with E-state index in [1.807, 2.05) is 0 Å². The van der Waals surface area contributed by atoms with Gasteiger partial charge in [-0.25, -0.2) is 13.4 Å². The predicted molar refractivity (Wildman–Crippen MR) is 48.0 cm³/mol. The molecule has 68 valence electrons. The van der Waals surface area contributed by atoms with Crippen LogP contribution in [0.15, 0.2) is 29.0 Å². The zero-order valence-corrected chi connectivity index (χ0v) is 7.53. The summed E-state index contributed by atoms with van der Waals surface area (Å²) in [6.45, 7) is 0. The van der Waals surface area contributed by atoms with Crippen molar-refractivity contribution < 1.29 is 12.8 Å². The van der Waals surface area contributed by atoms with E-state index in [0.29, 0.717) is 11.1 Å². The molecule has 0 unspecified atom stereocenters. The van der Waals surface area contributed by atoms with Crippen LogP contribution in [0.3, 0.4) is 0 Å². The fourth-order valence-corrected chi connectivity index (χ4v) is 1.65. The van der Waals surface area contributed by atoms with Gasteiger partial charge in [-0.3, -0.25) is 0 Å². The van der Waals surface area contributed by atoms with Gasteiger partial charge in [0.1, 0.15) is 16.2 Å². The molecule has 2 aromatic rings. The lowest BCUT2D eigenvalue weighted by atomic mass is 10.2. The van der Waals surface area contributed by atoms with Crippen LogP contribution in [-0.2, 0) is 16.5 Å². The molecular weight excluding hydrogens is 190 g/mol. The Hall–Kier alpha value is -1.36. The number of nitrogens with zero attached hydrogens (tertiary/aromatic N) is 1. The smallest absolute Gasteiger partial charge is 0.181 e. The van der Waals surface area contributed by atoms with Crippen LogP contribution in [-0.4, -0.2) is 13.4 Å². The topological polar surface area (TPSA) is 60.2 Å². The first-order chi connectivity index (χ1) is 6.25. The van der Waals surface area contributed by atoms with Crippen LogP contribution in [0.2, 0.25) is 0 Å². The van der Waals surface area contributed by atoms with Crippen molar-refractivity contribution in [3.05, 3.63) is 30.2 Å². The zero-order chi connectivity index (χ0) is 9.26. The van der Waals surface area contributed by atoms with E-state index in [2.05, 4.69) is 4.98 Å². The van der Waals surface area contributed by atoms with Gasteiger partial charge in [0.2, 0.25) is 0 Å². The van der Waals surface area contributed by atoms with Crippen LogP contribution in [0.25, 0.3) is 11.1 Å². The molecule has 1 aromatic carbocycles. The summed E-state index contributed by atoms with van der Waals surface area (Å²) in [5, 5.41) is 0. The van der Waals surface area contributed by atoms with Gasteiger partial charge in [-0.1, -0.05) is 6.07 Å². The third-order valence-corrected chi connectivity index (χ3v) is 2.33. The summed E-state index contributed by atoms with van der Waals surface area (Å²) in [5.74, 6) is 0.0537. The Kier molecular flexibility index (Phi) is 2.02. The van der Waals surface area contributed by atoms with Gasteiger partial charge < -0.3 is 4.42 Å². The minimum atomic E-state index is -2.38. The molecular formula is C8H7NO3S. The maximum atomic E-state index is 10.4. The minimum Gasteiger partial charge on any atom is -0.443 e. The third kappa shape index (κ3) is 1.70. The van der Waals surface area contributed by atoms with E-state index in [0.717, 1.165) is 5.56 Å². The van der Waals surface area contributed by atoms with Crippen molar-refractivity contribution in [3.63, 3.8) is 0 Å². The third-order valence-electron chi connectivity index (χ3n) is 1.71. The monoisotopic (exact) mass is 197 g/mol. The molecule has 13 heavy (non-hydrogen) atoms. The summed E-state index contributed by atoms with van der Waals surface area (Å²) >= 11 is 0. The molecule has 0 aliphatic carbocycles. The highest BCUT2D eigenvalue weighted by Gasteiger charge is 2.00. The number of benzene rings is 1. The van der Waals surface area contributed by atoms with Crippen molar-refractivity contribution >= 4 is 21.8 Å². The normalized spacial score (nSPS) is 11.2. The second-order valence-electron chi connectivity index (χ2n) is 2.65. The Balaban J connectivity index is 2.48. The lowest BCUT2D eigenvalue weighted by molar-refractivity contribution is 0.602. The van der Waals surface area contributed by atoms with E-state index >= 15 is 0 Å². The molecule has 2 rings (SSSR count). The largest absolute Gasteiger partial charge is 0.443 e. The first kappa shape index (κ1) is 8.25. The number of hydrogen-bond donors (Lipinski definition) is 1. The number of aromatic nitrogens is 1. The number of hydrogen-bond acceptors (Lipinski definition) is 4. The highest BCUT2D eigenvalue weighted by atomic mass is 32.2. The van der Waals surface area contributed by atoms with Crippen LogP contribution in [0, 0.1) is 0 Å². The molecule has 0 bridgehead atoms. The van der Waals surface area contributed by atoms with Crippen LogP contribution < -0.4 is 0 Å². The number of oxazole rings is 1. The molecule has 0 aliphatic heterocycles. The molecule has 0 fully saturated rings. The fraction of sp³-hybridized carbons (Fsp3) is 0.125. The second kappa shape index (κ2) is 3.18. The van der Waals surface area contributed by atoms with E-state index in [1.54, 1.807) is 18.2 Å². The molecule has 0 radical (unpaired) electrons. The molecule has 0 aliphatic rings. The SMILES string of the molecule is O=[SH](=O)Cc1ccc2ocnc2c1. The number of fused-ring (bicyclic) bond motifs is 1. The van der Waals surface area contributed by atoms with E-state index < -0.39 is 10.7 Å². The van der Waals surface area contributed by atoms with Crippen molar-refractivity contribution in [3.8, 4) is 0 Å². The highest BCUT2D eigenvalue weighted by Crippen LogP contribution is 2.14. The molecule has 0 amide bonds. The number of rotatable bonds is 2. The molecule has 4 nitrogen and oxygen atoms in total. The van der Waals surface area contributed by atoms with Gasteiger partial charge in [0.15, 0.2) is 12.0 Å². The van der Waals surface area contributed by atoms with Crippen LogP contribution in [0.5, 0.6) is 0 Å². The summed E-state index contributed by atoms with van der Waals surface area (Å²) in [6.07, 6.45) is 1.34. The Bertz CT molecular complexity index is 493. The van der Waals surface area contributed by atoms with Gasteiger partial charge in [0.25, 0.3) is 0 Å². The predicted octanol–water partition coefficient (Wildman–Crippen LogP) is 0.939. The molecule has 1 heterocycles. The first-order valence-electron chi connectivity index (χ1n) is 3.69. The molecule has 0 N–H and O–H groups in total. The Morgan fingerprint density at radius 3 is 3.00 bits per heavy atom. The summed E-state index contributed by atoms with van der Waals surface area (Å²) in [4.78, 5) is 3.92. The van der Waals surface area contributed by atoms with Gasteiger partial charge in [-0.15, -0.1) is 0 Å². The van der Waals surface area contributed by atoms with E-state index in [9.17, 15) is 8.42 Å². The fourth-order valence-electron chi connectivity index (χ4n) is 1.15. The quantitative estimate of drug-likeness (QED) is 0.728. The van der Waals surface area contributed by atoms with Crippen LogP contribution >= 0.6 is 0 Å². The molecule has 1 aromatic heterocycles. The molecule has 0 spiro atoms. The Morgan fingerprint density at radius 1 is 1.38 bits per heavy atom. The second-order valence-corrected chi connectivity index (χ2v) is 3.63. The zero-order valence-electron chi connectivity index (χ0n) is 6.64. The summed E-state index contributed by atoms with van der Waals surface area (Å²) in [7, 11) is -2.38. The van der Waals surface area contributed by atoms with E-state index in [-0.39, 0.29) is 5.75 Å². The van der Waals surface area contributed by atoms with Gasteiger partial charge in [0.05, 0.1) is 5.75 Å². The van der Waals surface area contributed by atoms with Crippen molar-refractivity contribution in [2.24, 2.45) is 0 Å². The van der Waals surface area contributed by atoms with E-state index in [4.69, 9.17) is 4.42 Å². The maximum absolute atomic E-state index is 10.4. The maximum Gasteiger partial charge on any atom is 0.181 e. The lowest BCUT2D eigenvalue weighted by Gasteiger charge is -1.92. The Labute approximate surface area is 76.1 Å². The van der Waals surface area contributed by atoms with Gasteiger partial charge in [-0.2, -0.15) is 0 Å². The van der Waals surface area contributed by atoms with Crippen molar-refractivity contribution in [2.45, 2.75) is 5.75 Å². The molecule has 0 saturated carbocycles. The van der Waals surface area contributed by atoms with Crippen LogP contribution in [0.4, 0.5) is 0 Å². The Morgan fingerprint density at radius 2 is 2.23 bits per heavy atom. The van der Waals surface area contributed by atoms with Gasteiger partial charge in [0, 0.05) is 0 Å². The summed E-state index contributed by atoms with van der Waals surface area (Å²) in [6, 6.07) is 5.15. The van der Waals surface area contributed by atoms with Gasteiger partial charge >= 0.3 is 0 Å². The average Bonchev–Trinajstić information content (AvgIpc) is 2.49. The van der Waals surface area contributed by atoms with Gasteiger partial charge in [-0.05, 0) is 17.7 Å². The molecule has 0 atom stereocenters. The van der Waals surface area contributed by atoms with Crippen LogP contribution in [0.1, 0.15) is 5.56 Å². The highest BCUT2D eigenvalue weighted by molar-refractivity contribution is 7.71.